The molecule has 37 heavy (non-hydrogen) atoms. The van der Waals surface area contributed by atoms with E-state index in [-0.39, 0.29) is 39.8 Å². The maximum absolute atomic E-state index is 14.7. The lowest BCUT2D eigenvalue weighted by Crippen LogP contribution is -2.41. The van der Waals surface area contributed by atoms with Crippen LogP contribution >= 0.6 is 0 Å². The molecule has 2 heterocycles. The summed E-state index contributed by atoms with van der Waals surface area (Å²) in [6.45, 7) is 1.74. The summed E-state index contributed by atoms with van der Waals surface area (Å²) in [5, 5.41) is 2.89. The molecule has 5 rings (SSSR count). The Hall–Kier alpha value is -4.19. The van der Waals surface area contributed by atoms with Gasteiger partial charge in [0, 0.05) is 19.2 Å². The van der Waals surface area contributed by atoms with Crippen molar-refractivity contribution < 1.29 is 12.8 Å². The monoisotopic (exact) mass is 525 g/mol. The molecule has 0 saturated heterocycles. The average Bonchev–Trinajstić information content (AvgIpc) is 3.63. The van der Waals surface area contributed by atoms with Crippen LogP contribution in [0.15, 0.2) is 62.9 Å². The molecule has 2 aromatic heterocycles. The molecule has 0 radical (unpaired) electrons. The van der Waals surface area contributed by atoms with E-state index < -0.39 is 32.6 Å². The summed E-state index contributed by atoms with van der Waals surface area (Å²) in [6.07, 6.45) is 2.27. The van der Waals surface area contributed by atoms with Gasteiger partial charge in [-0.25, -0.2) is 22.2 Å². The summed E-state index contributed by atoms with van der Waals surface area (Å²) in [6, 6.07) is 11.5. The Balaban J connectivity index is 1.86. The lowest BCUT2D eigenvalue weighted by atomic mass is 10.2. The number of fused-ring (bicyclic) bond motifs is 1. The van der Waals surface area contributed by atoms with Crippen LogP contribution in [0, 0.1) is 12.7 Å². The number of halogens is 1. The van der Waals surface area contributed by atoms with Crippen LogP contribution in [0.5, 0.6) is 0 Å². The number of sulfonamides is 1. The summed E-state index contributed by atoms with van der Waals surface area (Å²) < 4.78 is 44.1. The van der Waals surface area contributed by atoms with Crippen LogP contribution in [-0.4, -0.2) is 28.4 Å². The van der Waals surface area contributed by atoms with Crippen molar-refractivity contribution in [2.75, 3.05) is 16.3 Å². The van der Waals surface area contributed by atoms with Crippen LogP contribution < -0.4 is 26.8 Å². The highest BCUT2D eigenvalue weighted by Gasteiger charge is 2.31. The molecule has 0 bridgehead atoms. The quantitative estimate of drug-likeness (QED) is 0.399. The number of nitrogens with one attached hydrogen (secondary N) is 2. The van der Waals surface area contributed by atoms with Crippen molar-refractivity contribution >= 4 is 38.1 Å². The largest absolute Gasteiger partial charge is 0.352 e. The summed E-state index contributed by atoms with van der Waals surface area (Å²) in [4.78, 5) is 40.4. The number of rotatable bonds is 6. The van der Waals surface area contributed by atoms with Crippen LogP contribution in [0.4, 0.5) is 21.5 Å². The van der Waals surface area contributed by atoms with Gasteiger partial charge in [0.05, 0.1) is 29.0 Å². The zero-order valence-electron chi connectivity index (χ0n) is 20.3. The van der Waals surface area contributed by atoms with Crippen molar-refractivity contribution in [3.05, 3.63) is 91.1 Å². The van der Waals surface area contributed by atoms with Crippen LogP contribution in [0.3, 0.4) is 0 Å². The standard InChI is InChI=1S/C25H24FN5O5S/c1-14-7-10-19(18(26)11-14)27-20-13-21(32)29(2)23-22(20)24(33)31(16-8-9-16)25(34)30(23)17-6-4-5-15(12-17)28-37(3,35)36/h4-7,10-13,16,27-28H,8-9H2,1-3H3. The maximum atomic E-state index is 14.7. The Morgan fingerprint density at radius 3 is 2.38 bits per heavy atom. The third kappa shape index (κ3) is 4.55. The SMILES string of the molecule is Cc1ccc(Nc2cc(=O)n(C)c3c2c(=O)n(C2CC2)c(=O)n3-c2cccc(NS(C)(=O)=O)c2)c(F)c1. The first-order valence-corrected chi connectivity index (χ1v) is 13.4. The van der Waals surface area contributed by atoms with Gasteiger partial charge in [0.25, 0.3) is 11.1 Å². The van der Waals surface area contributed by atoms with Crippen molar-refractivity contribution in [2.45, 2.75) is 25.8 Å². The highest BCUT2D eigenvalue weighted by molar-refractivity contribution is 7.92. The van der Waals surface area contributed by atoms with Crippen molar-refractivity contribution in [3.63, 3.8) is 0 Å². The summed E-state index contributed by atoms with van der Waals surface area (Å²) in [5.41, 5.74) is -0.550. The Labute approximate surface area is 210 Å². The molecule has 12 heteroatoms. The maximum Gasteiger partial charge on any atom is 0.337 e. The fourth-order valence-corrected chi connectivity index (χ4v) is 4.89. The van der Waals surface area contributed by atoms with Gasteiger partial charge in [-0.15, -0.1) is 0 Å². The summed E-state index contributed by atoms with van der Waals surface area (Å²) >= 11 is 0. The molecule has 0 spiro atoms. The first-order valence-electron chi connectivity index (χ1n) is 11.5. The van der Waals surface area contributed by atoms with Crippen LogP contribution in [0.25, 0.3) is 16.7 Å². The number of anilines is 3. The number of aryl methyl sites for hydroxylation is 2. The molecule has 10 nitrogen and oxygen atoms in total. The van der Waals surface area contributed by atoms with Gasteiger partial charge in [-0.2, -0.15) is 0 Å². The van der Waals surface area contributed by atoms with Crippen LogP contribution in [0.1, 0.15) is 24.4 Å². The number of hydrogen-bond donors (Lipinski definition) is 2. The van der Waals surface area contributed by atoms with E-state index in [2.05, 4.69) is 10.0 Å². The number of benzene rings is 2. The van der Waals surface area contributed by atoms with E-state index in [0.29, 0.717) is 18.4 Å². The van der Waals surface area contributed by atoms with Gasteiger partial charge >= 0.3 is 5.69 Å². The first-order chi connectivity index (χ1) is 17.4. The Bertz CT molecular complexity index is 1870. The molecule has 0 amide bonds. The fraction of sp³-hybridized carbons (Fsp3) is 0.240. The summed E-state index contributed by atoms with van der Waals surface area (Å²) in [5.74, 6) is -0.566. The Morgan fingerprint density at radius 1 is 1.00 bits per heavy atom. The molecule has 0 aliphatic heterocycles. The molecule has 0 unspecified atom stereocenters. The fourth-order valence-electron chi connectivity index (χ4n) is 4.34. The molecule has 1 aliphatic rings. The molecule has 1 fully saturated rings. The minimum Gasteiger partial charge on any atom is -0.352 e. The van der Waals surface area contributed by atoms with Gasteiger partial charge in [-0.05, 0) is 55.7 Å². The van der Waals surface area contributed by atoms with Gasteiger partial charge in [-0.1, -0.05) is 12.1 Å². The van der Waals surface area contributed by atoms with Crippen LogP contribution in [-0.2, 0) is 17.1 Å². The Morgan fingerprint density at radius 2 is 1.73 bits per heavy atom. The normalized spacial score (nSPS) is 13.6. The number of pyridine rings is 1. The molecule has 2 N–H and O–H groups in total. The number of hydrogen-bond acceptors (Lipinski definition) is 6. The topological polar surface area (TPSA) is 124 Å². The lowest BCUT2D eigenvalue weighted by Gasteiger charge is -2.19. The third-order valence-corrected chi connectivity index (χ3v) is 6.77. The van der Waals surface area contributed by atoms with E-state index in [1.807, 2.05) is 0 Å². The van der Waals surface area contributed by atoms with Gasteiger partial charge in [-0.3, -0.25) is 23.4 Å². The van der Waals surface area contributed by atoms with Crippen molar-refractivity contribution in [1.82, 2.24) is 13.7 Å². The third-order valence-electron chi connectivity index (χ3n) is 6.16. The van der Waals surface area contributed by atoms with E-state index in [4.69, 9.17) is 0 Å². The van der Waals surface area contributed by atoms with Crippen LogP contribution in [0.2, 0.25) is 0 Å². The van der Waals surface area contributed by atoms with E-state index in [9.17, 15) is 27.2 Å². The highest BCUT2D eigenvalue weighted by atomic mass is 32.2. The minimum atomic E-state index is -3.60. The van der Waals surface area contributed by atoms with Gasteiger partial charge in [0.15, 0.2) is 0 Å². The molecule has 0 atom stereocenters. The zero-order valence-corrected chi connectivity index (χ0v) is 21.1. The second-order valence-corrected chi connectivity index (χ2v) is 11.0. The predicted octanol–water partition coefficient (Wildman–Crippen LogP) is 2.75. The van der Waals surface area contributed by atoms with Crippen molar-refractivity contribution in [3.8, 4) is 5.69 Å². The molecular weight excluding hydrogens is 501 g/mol. The molecular formula is C25H24FN5O5S. The van der Waals surface area contributed by atoms with E-state index in [1.165, 1.54) is 46.5 Å². The Kier molecular flexibility index (Phi) is 5.78. The molecule has 192 valence electrons. The summed E-state index contributed by atoms with van der Waals surface area (Å²) in [7, 11) is -2.18. The van der Waals surface area contributed by atoms with Gasteiger partial charge in [0.1, 0.15) is 16.9 Å². The lowest BCUT2D eigenvalue weighted by molar-refractivity contribution is 0.607. The molecule has 2 aromatic carbocycles. The van der Waals surface area contributed by atoms with Crippen molar-refractivity contribution in [1.29, 1.82) is 0 Å². The molecule has 4 aromatic rings. The first kappa shape index (κ1) is 24.5. The minimum absolute atomic E-state index is 0.00840. The second-order valence-electron chi connectivity index (χ2n) is 9.21. The number of aromatic nitrogens is 3. The average molecular weight is 526 g/mol. The van der Waals surface area contributed by atoms with Gasteiger partial charge in [0.2, 0.25) is 10.0 Å². The second kappa shape index (κ2) is 8.73. The van der Waals surface area contributed by atoms with E-state index in [1.54, 1.807) is 25.1 Å². The predicted molar refractivity (Wildman–Crippen MR) is 140 cm³/mol. The molecule has 1 aliphatic carbocycles. The molecule has 1 saturated carbocycles. The van der Waals surface area contributed by atoms with E-state index in [0.717, 1.165) is 10.8 Å². The zero-order chi connectivity index (χ0) is 26.6. The smallest absolute Gasteiger partial charge is 0.337 e. The van der Waals surface area contributed by atoms with Gasteiger partial charge < -0.3 is 5.32 Å². The van der Waals surface area contributed by atoms with Crippen molar-refractivity contribution in [2.24, 2.45) is 7.05 Å². The highest BCUT2D eigenvalue weighted by Crippen LogP contribution is 2.33. The number of nitrogens with zero attached hydrogens (tertiary/aromatic N) is 3. The van der Waals surface area contributed by atoms with E-state index >= 15 is 0 Å².